The number of carboxylic acid groups (broad SMARTS) is 1. The van der Waals surface area contributed by atoms with Crippen molar-refractivity contribution in [1.29, 1.82) is 0 Å². The highest BCUT2D eigenvalue weighted by Crippen LogP contribution is 2.06. The van der Waals surface area contributed by atoms with Gasteiger partial charge in [-0.15, -0.1) is 0 Å². The first-order valence-electron chi connectivity index (χ1n) is 5.51. The molecule has 0 unspecified atom stereocenters. The van der Waals surface area contributed by atoms with E-state index in [0.717, 1.165) is 0 Å². The van der Waals surface area contributed by atoms with Gasteiger partial charge in [0.2, 0.25) is 0 Å². The van der Waals surface area contributed by atoms with Crippen molar-refractivity contribution in [2.45, 2.75) is 25.9 Å². The maximum atomic E-state index is 11.1. The fourth-order valence-electron chi connectivity index (χ4n) is 1.22. The fourth-order valence-corrected chi connectivity index (χ4v) is 1.22. The molecule has 0 saturated heterocycles. The van der Waals surface area contributed by atoms with E-state index in [1.165, 1.54) is 0 Å². The summed E-state index contributed by atoms with van der Waals surface area (Å²) in [7, 11) is 5.78. The zero-order valence-electron chi connectivity index (χ0n) is 11.5. The molecule has 0 amide bonds. The van der Waals surface area contributed by atoms with Gasteiger partial charge in [0.05, 0.1) is 32.7 Å². The van der Waals surface area contributed by atoms with Gasteiger partial charge in [0.25, 0.3) is 0 Å². The van der Waals surface area contributed by atoms with Gasteiger partial charge in [-0.25, -0.2) is 0 Å². The van der Waals surface area contributed by atoms with Crippen molar-refractivity contribution < 1.29 is 29.0 Å². The topological polar surface area (TPSA) is 130 Å². The van der Waals surface area contributed by atoms with Crippen LogP contribution >= 0.6 is 0 Å². The summed E-state index contributed by atoms with van der Waals surface area (Å²) in [5.41, 5.74) is 0. The molecule has 0 aliphatic carbocycles. The first-order chi connectivity index (χ1) is 8.47. The van der Waals surface area contributed by atoms with Gasteiger partial charge in [-0.3, -0.25) is 9.59 Å². The van der Waals surface area contributed by atoms with Gasteiger partial charge in [-0.1, -0.05) is 6.92 Å². The fraction of sp³-hybridized carbons (Fsp3) is 0.800. The van der Waals surface area contributed by atoms with Crippen LogP contribution < -0.4 is 0 Å². The summed E-state index contributed by atoms with van der Waals surface area (Å²) < 4.78 is 5.62. The molecular weight excluding hydrogens is 260 g/mol. The molecule has 0 aromatic rings. The first kappa shape index (κ1) is 19.4. The second kappa shape index (κ2) is 9.09. The third-order valence-electron chi connectivity index (χ3n) is 1.74. The molecule has 9 nitrogen and oxygen atoms in total. The quantitative estimate of drug-likeness (QED) is 0.319. The van der Waals surface area contributed by atoms with E-state index in [9.17, 15) is 9.59 Å². The number of ether oxygens (including phenoxy) is 1. The first-order valence-corrected chi connectivity index (χ1v) is 5.51. The minimum absolute atomic E-state index is 0.138. The molecule has 9 heteroatoms. The number of hydrogen-bond acceptors (Lipinski definition) is 6. The zero-order valence-corrected chi connectivity index (χ0v) is 11.5. The van der Waals surface area contributed by atoms with Gasteiger partial charge < -0.3 is 29.6 Å². The van der Waals surface area contributed by atoms with Gasteiger partial charge in [-0.05, 0) is 0 Å². The Hall–Kier alpha value is -1.90. The molecule has 19 heavy (non-hydrogen) atoms. The molecular formula is C10H20N2O7. The Morgan fingerprint density at radius 1 is 1.32 bits per heavy atom. The summed E-state index contributed by atoms with van der Waals surface area (Å²) in [5, 5.41) is 23.4. The number of carbonyl (C=O) groups excluding carboxylic acids is 1. The third kappa shape index (κ3) is 18.7. The van der Waals surface area contributed by atoms with E-state index in [-0.39, 0.29) is 18.8 Å². The predicted octanol–water partition coefficient (Wildman–Crippen LogP) is 0.250. The molecule has 0 aliphatic heterocycles. The SMILES string of the molecule is CCC(=O)O[C@H](CC(=O)O)C[N+](C)(C)C.O=[N+]([O-])[O-]. The highest BCUT2D eigenvalue weighted by atomic mass is 16.9. The van der Waals surface area contributed by atoms with Crippen molar-refractivity contribution in [2.24, 2.45) is 0 Å². The van der Waals surface area contributed by atoms with Crippen molar-refractivity contribution in [1.82, 2.24) is 0 Å². The second-order valence-electron chi connectivity index (χ2n) is 4.76. The molecule has 0 radical (unpaired) electrons. The van der Waals surface area contributed by atoms with E-state index in [1.54, 1.807) is 6.92 Å². The molecule has 0 aromatic carbocycles. The molecule has 0 fully saturated rings. The number of nitrogens with zero attached hydrogens (tertiary/aromatic N) is 2. The number of rotatable bonds is 6. The molecule has 1 N–H and O–H groups in total. The Morgan fingerprint density at radius 3 is 2.00 bits per heavy atom. The molecule has 0 aliphatic rings. The van der Waals surface area contributed by atoms with Crippen molar-refractivity contribution >= 4 is 11.9 Å². The van der Waals surface area contributed by atoms with E-state index in [2.05, 4.69) is 0 Å². The molecule has 0 heterocycles. The molecule has 112 valence electrons. The number of aliphatic carboxylic acids is 1. The summed E-state index contributed by atoms with van der Waals surface area (Å²) in [4.78, 5) is 29.9. The Kier molecular flexibility index (Phi) is 9.30. The van der Waals surface area contributed by atoms with Gasteiger partial charge in [-0.2, -0.15) is 0 Å². The van der Waals surface area contributed by atoms with Crippen LogP contribution in [0.4, 0.5) is 0 Å². The largest absolute Gasteiger partial charge is 0.481 e. The molecule has 0 rings (SSSR count). The van der Waals surface area contributed by atoms with E-state index in [4.69, 9.17) is 25.2 Å². The van der Waals surface area contributed by atoms with E-state index in [0.29, 0.717) is 11.0 Å². The van der Waals surface area contributed by atoms with E-state index >= 15 is 0 Å². The van der Waals surface area contributed by atoms with Crippen LogP contribution in [0.5, 0.6) is 0 Å². The number of quaternary nitrogens is 1. The molecule has 0 aromatic heterocycles. The maximum absolute atomic E-state index is 11.1. The zero-order chi connectivity index (χ0) is 15.6. The molecule has 0 bridgehead atoms. The summed E-state index contributed by atoms with van der Waals surface area (Å²) >= 11 is 0. The Morgan fingerprint density at radius 2 is 1.74 bits per heavy atom. The van der Waals surface area contributed by atoms with Crippen molar-refractivity contribution in [3.05, 3.63) is 15.3 Å². The molecule has 0 spiro atoms. The Balaban J connectivity index is 0. The Bertz CT molecular complexity index is 307. The van der Waals surface area contributed by atoms with Crippen molar-refractivity contribution in [2.75, 3.05) is 27.7 Å². The van der Waals surface area contributed by atoms with E-state index in [1.807, 2.05) is 21.1 Å². The van der Waals surface area contributed by atoms with Crippen LogP contribution in [0.2, 0.25) is 0 Å². The highest BCUT2D eigenvalue weighted by Gasteiger charge is 2.23. The lowest BCUT2D eigenvalue weighted by Crippen LogP contribution is -2.43. The van der Waals surface area contributed by atoms with Gasteiger partial charge in [0, 0.05) is 6.42 Å². The minimum Gasteiger partial charge on any atom is -0.481 e. The molecule has 0 saturated carbocycles. The lowest BCUT2D eigenvalue weighted by atomic mass is 10.2. The lowest BCUT2D eigenvalue weighted by Gasteiger charge is -2.28. The van der Waals surface area contributed by atoms with Crippen LogP contribution in [0.1, 0.15) is 19.8 Å². The van der Waals surface area contributed by atoms with Crippen molar-refractivity contribution in [3.8, 4) is 0 Å². The normalized spacial score (nSPS) is 11.8. The van der Waals surface area contributed by atoms with Crippen LogP contribution in [-0.4, -0.2) is 60.4 Å². The van der Waals surface area contributed by atoms with Crippen LogP contribution in [0.15, 0.2) is 0 Å². The number of hydrogen-bond donors (Lipinski definition) is 1. The third-order valence-corrected chi connectivity index (χ3v) is 1.74. The summed E-state index contributed by atoms with van der Waals surface area (Å²) in [6.07, 6.45) is -0.413. The van der Waals surface area contributed by atoms with Gasteiger partial charge in [0.1, 0.15) is 6.54 Å². The number of likely N-dealkylation sites (N-methyl/N-ethyl adjacent to an activating group) is 1. The monoisotopic (exact) mass is 280 g/mol. The number of esters is 1. The van der Waals surface area contributed by atoms with Crippen molar-refractivity contribution in [3.63, 3.8) is 0 Å². The van der Waals surface area contributed by atoms with Gasteiger partial charge >= 0.3 is 11.9 Å². The lowest BCUT2D eigenvalue weighted by molar-refractivity contribution is -0.873. The van der Waals surface area contributed by atoms with Crippen LogP contribution in [0, 0.1) is 15.3 Å². The summed E-state index contributed by atoms with van der Waals surface area (Å²) in [6.45, 7) is 2.18. The molecule has 1 atom stereocenters. The average molecular weight is 280 g/mol. The van der Waals surface area contributed by atoms with E-state index < -0.39 is 17.2 Å². The maximum Gasteiger partial charge on any atom is 0.307 e. The minimum atomic E-state index is -1.75. The number of carbonyl (C=O) groups is 2. The smallest absolute Gasteiger partial charge is 0.307 e. The second-order valence-corrected chi connectivity index (χ2v) is 4.76. The van der Waals surface area contributed by atoms with Crippen LogP contribution in [0.25, 0.3) is 0 Å². The van der Waals surface area contributed by atoms with Gasteiger partial charge in [0.15, 0.2) is 6.10 Å². The number of carboxylic acids is 1. The average Bonchev–Trinajstić information content (AvgIpc) is 2.12. The summed E-state index contributed by atoms with van der Waals surface area (Å²) in [5.74, 6) is -1.30. The summed E-state index contributed by atoms with van der Waals surface area (Å²) in [6, 6.07) is 0. The standard InChI is InChI=1S/C10H19NO4.NO3/c1-5-10(14)15-8(6-9(12)13)7-11(2,3)4;2-1(3)4/h8H,5-7H2,1-4H3;/q;-1/p+1/t8-;/m1./s1. The Labute approximate surface area is 111 Å². The predicted molar refractivity (Wildman–Crippen MR) is 65.7 cm³/mol. The van der Waals surface area contributed by atoms with Crippen LogP contribution in [0.3, 0.4) is 0 Å². The highest BCUT2D eigenvalue weighted by molar-refractivity contribution is 5.71. The van der Waals surface area contributed by atoms with Crippen LogP contribution in [-0.2, 0) is 14.3 Å².